The van der Waals surface area contributed by atoms with Crippen LogP contribution in [-0.4, -0.2) is 10.9 Å². The van der Waals surface area contributed by atoms with Crippen LogP contribution in [0.4, 0.5) is 5.69 Å². The molecule has 1 amide bonds. The van der Waals surface area contributed by atoms with Gasteiger partial charge < -0.3 is 5.32 Å². The number of nitrogens with zero attached hydrogens (tertiary/aromatic N) is 1. The lowest BCUT2D eigenvalue weighted by molar-refractivity contribution is -0.111. The Morgan fingerprint density at radius 3 is 2.57 bits per heavy atom. The summed E-state index contributed by atoms with van der Waals surface area (Å²) in [5.41, 5.74) is 4.68. The van der Waals surface area contributed by atoms with Crippen LogP contribution < -0.4 is 5.32 Å². The van der Waals surface area contributed by atoms with Gasteiger partial charge in [0.05, 0.1) is 15.9 Å². The van der Waals surface area contributed by atoms with Crippen LogP contribution in [0.15, 0.2) is 72.8 Å². The lowest BCUT2D eigenvalue weighted by Gasteiger charge is -2.08. The number of fused-ring (bicyclic) bond motifs is 1. The first-order valence-electron chi connectivity index (χ1n) is 9.74. The number of anilines is 1. The molecule has 3 nitrogen and oxygen atoms in total. The molecule has 0 aliphatic heterocycles. The maximum absolute atomic E-state index is 12.6. The van der Waals surface area contributed by atoms with E-state index < -0.39 is 0 Å². The average Bonchev–Trinajstić information content (AvgIpc) is 3.18. The van der Waals surface area contributed by atoms with Crippen molar-refractivity contribution < 1.29 is 4.79 Å². The van der Waals surface area contributed by atoms with Crippen molar-refractivity contribution in [2.75, 3.05) is 5.32 Å². The van der Waals surface area contributed by atoms with Gasteiger partial charge in [-0.1, -0.05) is 61.8 Å². The van der Waals surface area contributed by atoms with Crippen LogP contribution in [0, 0.1) is 0 Å². The summed E-state index contributed by atoms with van der Waals surface area (Å²) >= 11 is 7.80. The highest BCUT2D eigenvalue weighted by Gasteiger charge is 2.13. The highest BCUT2D eigenvalue weighted by molar-refractivity contribution is 7.21. The van der Waals surface area contributed by atoms with E-state index >= 15 is 0 Å². The molecule has 0 saturated carbocycles. The van der Waals surface area contributed by atoms with Gasteiger partial charge in [-0.3, -0.25) is 4.79 Å². The molecule has 5 heteroatoms. The molecule has 4 aromatic rings. The average molecular weight is 433 g/mol. The molecule has 0 atom stereocenters. The fraction of sp³-hybridized carbons (Fsp3) is 0.120. The lowest BCUT2D eigenvalue weighted by atomic mass is 10.0. The fourth-order valence-electron chi connectivity index (χ4n) is 3.13. The molecule has 1 heterocycles. The summed E-state index contributed by atoms with van der Waals surface area (Å²) in [5.74, 6) is 0.282. The summed E-state index contributed by atoms with van der Waals surface area (Å²) in [6, 6.07) is 21.6. The Bertz CT molecular complexity index is 1190. The van der Waals surface area contributed by atoms with E-state index in [1.807, 2.05) is 54.6 Å². The minimum absolute atomic E-state index is 0.201. The molecule has 30 heavy (non-hydrogen) atoms. The van der Waals surface area contributed by atoms with Gasteiger partial charge in [0.2, 0.25) is 5.91 Å². The summed E-state index contributed by atoms with van der Waals surface area (Å²) in [5, 5.41) is 4.38. The maximum Gasteiger partial charge on any atom is 0.248 e. The smallest absolute Gasteiger partial charge is 0.248 e. The number of para-hydroxylation sites is 1. The van der Waals surface area contributed by atoms with Crippen LogP contribution in [0.25, 0.3) is 26.9 Å². The highest BCUT2D eigenvalue weighted by atomic mass is 35.5. The van der Waals surface area contributed by atoms with Gasteiger partial charge in [0.15, 0.2) is 0 Å². The van der Waals surface area contributed by atoms with Gasteiger partial charge in [0.1, 0.15) is 5.01 Å². The Morgan fingerprint density at radius 2 is 1.83 bits per heavy atom. The number of benzene rings is 3. The molecule has 0 bridgehead atoms. The quantitative estimate of drug-likeness (QED) is 0.334. The van der Waals surface area contributed by atoms with Gasteiger partial charge in [-0.05, 0) is 53.5 Å². The molecule has 0 unspecified atom stereocenters. The van der Waals surface area contributed by atoms with Gasteiger partial charge in [-0.15, -0.1) is 11.3 Å². The molecule has 3 aromatic carbocycles. The molecule has 1 aromatic heterocycles. The van der Waals surface area contributed by atoms with Gasteiger partial charge in [-0.25, -0.2) is 4.98 Å². The van der Waals surface area contributed by atoms with Crippen molar-refractivity contribution in [1.82, 2.24) is 4.98 Å². The van der Waals surface area contributed by atoms with Crippen LogP contribution in [0.2, 0.25) is 5.02 Å². The summed E-state index contributed by atoms with van der Waals surface area (Å²) in [4.78, 5) is 17.3. The molecule has 0 aliphatic rings. The van der Waals surface area contributed by atoms with E-state index in [-0.39, 0.29) is 5.91 Å². The second kappa shape index (κ2) is 8.82. The number of carbonyl (C=O) groups is 1. The van der Waals surface area contributed by atoms with E-state index in [9.17, 15) is 4.79 Å². The second-order valence-corrected chi connectivity index (χ2v) is 8.79. The molecule has 0 radical (unpaired) electrons. The van der Waals surface area contributed by atoms with Crippen LogP contribution in [0.1, 0.15) is 30.9 Å². The molecule has 1 N–H and O–H groups in total. The van der Waals surface area contributed by atoms with Gasteiger partial charge >= 0.3 is 0 Å². The summed E-state index contributed by atoms with van der Waals surface area (Å²) in [6.45, 7) is 4.32. The number of rotatable bonds is 5. The number of halogens is 1. The van der Waals surface area contributed by atoms with Crippen molar-refractivity contribution >= 4 is 50.8 Å². The number of nitrogens with one attached hydrogen (secondary N) is 1. The summed E-state index contributed by atoms with van der Waals surface area (Å²) in [7, 11) is 0. The van der Waals surface area contributed by atoms with Crippen LogP contribution in [0.3, 0.4) is 0 Å². The number of hydrogen-bond acceptors (Lipinski definition) is 3. The predicted molar refractivity (Wildman–Crippen MR) is 128 cm³/mol. The zero-order valence-electron chi connectivity index (χ0n) is 16.7. The largest absolute Gasteiger partial charge is 0.322 e. The molecule has 0 spiro atoms. The topological polar surface area (TPSA) is 42.0 Å². The van der Waals surface area contributed by atoms with E-state index in [4.69, 9.17) is 16.6 Å². The number of aromatic nitrogens is 1. The van der Waals surface area contributed by atoms with Gasteiger partial charge in [0.25, 0.3) is 0 Å². The van der Waals surface area contributed by atoms with Gasteiger partial charge in [0, 0.05) is 16.7 Å². The van der Waals surface area contributed by atoms with E-state index in [0.29, 0.717) is 16.6 Å². The normalized spacial score (nSPS) is 11.5. The Morgan fingerprint density at radius 1 is 1.07 bits per heavy atom. The minimum Gasteiger partial charge on any atom is -0.322 e. The van der Waals surface area contributed by atoms with Crippen molar-refractivity contribution in [2.45, 2.75) is 19.8 Å². The monoisotopic (exact) mass is 432 g/mol. The van der Waals surface area contributed by atoms with Crippen molar-refractivity contribution in [3.8, 4) is 10.6 Å². The molecule has 4 rings (SSSR count). The van der Waals surface area contributed by atoms with Crippen molar-refractivity contribution in [2.24, 2.45) is 0 Å². The zero-order chi connectivity index (χ0) is 21.1. The first-order valence-corrected chi connectivity index (χ1v) is 10.9. The molecule has 0 aliphatic carbocycles. The predicted octanol–water partition coefficient (Wildman–Crippen LogP) is 7.39. The van der Waals surface area contributed by atoms with Crippen LogP contribution in [0.5, 0.6) is 0 Å². The first-order chi connectivity index (χ1) is 14.5. The minimum atomic E-state index is -0.201. The number of hydrogen-bond donors (Lipinski definition) is 1. The van der Waals surface area contributed by atoms with E-state index in [0.717, 1.165) is 26.4 Å². The molecular weight excluding hydrogens is 412 g/mol. The summed E-state index contributed by atoms with van der Waals surface area (Å²) in [6.07, 6.45) is 3.35. The van der Waals surface area contributed by atoms with Crippen molar-refractivity contribution in [3.63, 3.8) is 0 Å². The standard InChI is InChI=1S/C25H21ClN2OS/c1-16(2)18-10-7-17(8-11-18)9-14-24(29)27-21-13-12-19(26)15-20(21)25-28-22-5-3-4-6-23(22)30-25/h3-16H,1-2H3,(H,27,29)/b14-9+. The SMILES string of the molecule is CC(C)c1ccc(/C=C/C(=O)Nc2ccc(Cl)cc2-c2nc3ccccc3s2)cc1. The van der Waals surface area contributed by atoms with E-state index in [1.54, 1.807) is 23.5 Å². The Labute approximate surface area is 185 Å². The Kier molecular flexibility index (Phi) is 5.98. The summed E-state index contributed by atoms with van der Waals surface area (Å²) < 4.78 is 1.09. The second-order valence-electron chi connectivity index (χ2n) is 7.32. The van der Waals surface area contributed by atoms with E-state index in [2.05, 4.69) is 31.3 Å². The third-order valence-electron chi connectivity index (χ3n) is 4.79. The molecular formula is C25H21ClN2OS. The van der Waals surface area contributed by atoms with Crippen molar-refractivity contribution in [1.29, 1.82) is 0 Å². The Balaban J connectivity index is 1.56. The lowest BCUT2D eigenvalue weighted by Crippen LogP contribution is -2.08. The number of amides is 1. The number of carbonyl (C=O) groups excluding carboxylic acids is 1. The molecule has 0 saturated heterocycles. The Hall–Kier alpha value is -2.95. The fourth-order valence-corrected chi connectivity index (χ4v) is 4.30. The maximum atomic E-state index is 12.6. The van der Waals surface area contributed by atoms with Gasteiger partial charge in [-0.2, -0.15) is 0 Å². The first kappa shape index (κ1) is 20.3. The third-order valence-corrected chi connectivity index (χ3v) is 6.10. The van der Waals surface area contributed by atoms with Crippen molar-refractivity contribution in [3.05, 3.63) is 89.0 Å². The molecule has 0 fully saturated rings. The number of thiazole rings is 1. The third kappa shape index (κ3) is 4.61. The zero-order valence-corrected chi connectivity index (χ0v) is 18.3. The van der Waals surface area contributed by atoms with E-state index in [1.165, 1.54) is 5.56 Å². The highest BCUT2D eigenvalue weighted by Crippen LogP contribution is 2.36. The van der Waals surface area contributed by atoms with Crippen LogP contribution >= 0.6 is 22.9 Å². The van der Waals surface area contributed by atoms with Crippen LogP contribution in [-0.2, 0) is 4.79 Å². The molecule has 150 valence electrons.